The van der Waals surface area contributed by atoms with Crippen molar-refractivity contribution in [3.63, 3.8) is 0 Å². The Morgan fingerprint density at radius 2 is 1.91 bits per heavy atom. The van der Waals surface area contributed by atoms with Crippen LogP contribution in [0.2, 0.25) is 0 Å². The van der Waals surface area contributed by atoms with Crippen LogP contribution in [0.1, 0.15) is 42.6 Å². The lowest BCUT2D eigenvalue weighted by Gasteiger charge is -2.12. The number of benzene rings is 1. The molecule has 0 radical (unpaired) electrons. The van der Waals surface area contributed by atoms with Crippen molar-refractivity contribution in [2.24, 2.45) is 0 Å². The largest absolute Gasteiger partial charge is 0.463 e. The number of para-hydroxylation sites is 1. The third-order valence-electron chi connectivity index (χ3n) is 2.88. The molecular weight excluding hydrogens is 286 g/mol. The molecule has 0 aromatic heterocycles. The van der Waals surface area contributed by atoms with Gasteiger partial charge in [-0.05, 0) is 25.0 Å². The van der Waals surface area contributed by atoms with E-state index in [1.807, 2.05) is 6.92 Å². The molecule has 0 spiro atoms. The van der Waals surface area contributed by atoms with Gasteiger partial charge in [-0.3, -0.25) is 4.79 Å². The molecule has 22 heavy (non-hydrogen) atoms. The van der Waals surface area contributed by atoms with Crippen LogP contribution in [0, 0.1) is 6.92 Å². The van der Waals surface area contributed by atoms with E-state index in [0.29, 0.717) is 12.3 Å². The first-order valence-corrected chi connectivity index (χ1v) is 7.15. The zero-order valence-electron chi connectivity index (χ0n) is 13.1. The molecule has 1 aromatic rings. The van der Waals surface area contributed by atoms with Crippen LogP contribution in [-0.2, 0) is 19.1 Å². The molecule has 0 heterocycles. The Hall–Kier alpha value is -2.37. The second-order valence-electron chi connectivity index (χ2n) is 4.83. The Bertz CT molecular complexity index is 553. The Morgan fingerprint density at radius 3 is 2.55 bits per heavy atom. The summed E-state index contributed by atoms with van der Waals surface area (Å²) in [6.07, 6.45) is 1.68. The minimum Gasteiger partial charge on any atom is -0.463 e. The van der Waals surface area contributed by atoms with E-state index >= 15 is 0 Å². The number of aryl methyl sites for hydroxylation is 1. The number of esters is 2. The normalized spacial score (nSPS) is 9.95. The lowest BCUT2D eigenvalue weighted by molar-refractivity contribution is -0.147. The van der Waals surface area contributed by atoms with Gasteiger partial charge in [-0.1, -0.05) is 25.5 Å². The van der Waals surface area contributed by atoms with Gasteiger partial charge in [0, 0.05) is 6.92 Å². The molecule has 6 nitrogen and oxygen atoms in total. The Balaban J connectivity index is 2.67. The summed E-state index contributed by atoms with van der Waals surface area (Å²) in [6.45, 7) is 4.97. The first kappa shape index (κ1) is 17.7. The van der Waals surface area contributed by atoms with Crippen molar-refractivity contribution >= 4 is 23.5 Å². The molecule has 0 atom stereocenters. The first-order chi connectivity index (χ1) is 10.5. The highest BCUT2D eigenvalue weighted by molar-refractivity contribution is 6.02. The molecule has 1 aromatic carbocycles. The molecule has 0 bridgehead atoms. The molecule has 0 unspecified atom stereocenters. The molecule has 1 N–H and O–H groups in total. The van der Waals surface area contributed by atoms with E-state index < -0.39 is 18.5 Å². The fourth-order valence-corrected chi connectivity index (χ4v) is 1.75. The van der Waals surface area contributed by atoms with Crippen molar-refractivity contribution in [2.75, 3.05) is 18.5 Å². The maximum absolute atomic E-state index is 12.1. The van der Waals surface area contributed by atoms with Crippen LogP contribution in [0.4, 0.5) is 5.69 Å². The maximum atomic E-state index is 12.1. The van der Waals surface area contributed by atoms with Gasteiger partial charge in [0.25, 0.3) is 0 Å². The van der Waals surface area contributed by atoms with Crippen LogP contribution >= 0.6 is 0 Å². The number of unbranched alkanes of at least 4 members (excludes halogenated alkanes) is 1. The van der Waals surface area contributed by atoms with Crippen LogP contribution in [-0.4, -0.2) is 31.1 Å². The number of amides is 1. The topological polar surface area (TPSA) is 81.7 Å². The number of rotatable bonds is 7. The van der Waals surface area contributed by atoms with Crippen molar-refractivity contribution < 1.29 is 23.9 Å². The standard InChI is InChI=1S/C16H21NO5/c1-4-5-9-21-14(19)10-22-16(20)13-8-6-7-11(2)15(13)17-12(3)18/h6-8H,4-5,9-10H2,1-3H3,(H,17,18). The van der Waals surface area contributed by atoms with Crippen molar-refractivity contribution in [3.8, 4) is 0 Å². The van der Waals surface area contributed by atoms with Crippen molar-refractivity contribution in [1.82, 2.24) is 0 Å². The lowest BCUT2D eigenvalue weighted by Crippen LogP contribution is -2.19. The van der Waals surface area contributed by atoms with Gasteiger partial charge < -0.3 is 14.8 Å². The summed E-state index contributed by atoms with van der Waals surface area (Å²) in [4.78, 5) is 34.7. The highest BCUT2D eigenvalue weighted by Crippen LogP contribution is 2.21. The minimum atomic E-state index is -0.681. The molecule has 0 fully saturated rings. The fourth-order valence-electron chi connectivity index (χ4n) is 1.75. The summed E-state index contributed by atoms with van der Waals surface area (Å²) in [5.41, 5.74) is 1.33. The predicted octanol–water partition coefficient (Wildman–Crippen LogP) is 2.45. The minimum absolute atomic E-state index is 0.205. The molecule has 0 aliphatic carbocycles. The van der Waals surface area contributed by atoms with Crippen molar-refractivity contribution in [1.29, 1.82) is 0 Å². The van der Waals surface area contributed by atoms with E-state index in [0.717, 1.165) is 18.4 Å². The third kappa shape index (κ3) is 5.55. The summed E-state index contributed by atoms with van der Waals surface area (Å²) >= 11 is 0. The summed E-state index contributed by atoms with van der Waals surface area (Å²) in [7, 11) is 0. The number of hydrogen-bond acceptors (Lipinski definition) is 5. The average Bonchev–Trinajstić information content (AvgIpc) is 2.46. The number of carbonyl (C=O) groups is 3. The first-order valence-electron chi connectivity index (χ1n) is 7.15. The summed E-state index contributed by atoms with van der Waals surface area (Å²) in [6, 6.07) is 4.97. The number of hydrogen-bond donors (Lipinski definition) is 1. The van der Waals surface area contributed by atoms with Crippen LogP contribution in [0.25, 0.3) is 0 Å². The monoisotopic (exact) mass is 307 g/mol. The summed E-state index contributed by atoms with van der Waals surface area (Å²) < 4.78 is 9.83. The summed E-state index contributed by atoms with van der Waals surface area (Å²) in [5, 5.41) is 2.60. The van der Waals surface area contributed by atoms with Gasteiger partial charge in [0.2, 0.25) is 5.91 Å². The fraction of sp³-hybridized carbons (Fsp3) is 0.438. The van der Waals surface area contributed by atoms with Gasteiger partial charge >= 0.3 is 11.9 Å². The maximum Gasteiger partial charge on any atom is 0.344 e. The smallest absolute Gasteiger partial charge is 0.344 e. The second-order valence-corrected chi connectivity index (χ2v) is 4.83. The van der Waals surface area contributed by atoms with E-state index in [2.05, 4.69) is 5.32 Å². The summed E-state index contributed by atoms with van der Waals surface area (Å²) in [5.74, 6) is -1.56. The van der Waals surface area contributed by atoms with Crippen LogP contribution < -0.4 is 5.32 Å². The van der Waals surface area contributed by atoms with Gasteiger partial charge in [-0.2, -0.15) is 0 Å². The van der Waals surface area contributed by atoms with E-state index in [-0.39, 0.29) is 11.5 Å². The van der Waals surface area contributed by atoms with E-state index in [1.54, 1.807) is 19.1 Å². The zero-order chi connectivity index (χ0) is 16.5. The SMILES string of the molecule is CCCCOC(=O)COC(=O)c1cccc(C)c1NC(C)=O. The van der Waals surface area contributed by atoms with Crippen molar-refractivity contribution in [2.45, 2.75) is 33.6 Å². The Morgan fingerprint density at radius 1 is 1.18 bits per heavy atom. The quantitative estimate of drug-likeness (QED) is 0.618. The van der Waals surface area contributed by atoms with Gasteiger partial charge in [-0.15, -0.1) is 0 Å². The van der Waals surface area contributed by atoms with E-state index in [4.69, 9.17) is 9.47 Å². The lowest BCUT2D eigenvalue weighted by atomic mass is 10.1. The van der Waals surface area contributed by atoms with Gasteiger partial charge in [0.05, 0.1) is 17.9 Å². The molecule has 1 rings (SSSR count). The van der Waals surface area contributed by atoms with Crippen LogP contribution in [0.5, 0.6) is 0 Å². The zero-order valence-corrected chi connectivity index (χ0v) is 13.1. The molecule has 0 saturated heterocycles. The Kier molecular flexibility index (Phi) is 7.08. The van der Waals surface area contributed by atoms with Gasteiger partial charge in [-0.25, -0.2) is 9.59 Å². The second kappa shape index (κ2) is 8.81. The van der Waals surface area contributed by atoms with Gasteiger partial charge in [0.15, 0.2) is 6.61 Å². The highest BCUT2D eigenvalue weighted by Gasteiger charge is 2.17. The average molecular weight is 307 g/mol. The van der Waals surface area contributed by atoms with Crippen molar-refractivity contribution in [3.05, 3.63) is 29.3 Å². The molecule has 6 heteroatoms. The van der Waals surface area contributed by atoms with E-state index in [1.165, 1.54) is 13.0 Å². The van der Waals surface area contributed by atoms with Crippen LogP contribution in [0.15, 0.2) is 18.2 Å². The number of anilines is 1. The number of ether oxygens (including phenoxy) is 2. The molecule has 120 valence electrons. The molecular formula is C16H21NO5. The molecule has 0 aliphatic heterocycles. The Labute approximate surface area is 129 Å². The predicted molar refractivity (Wildman–Crippen MR) is 81.6 cm³/mol. The number of nitrogens with one attached hydrogen (secondary N) is 1. The van der Waals surface area contributed by atoms with Crippen LogP contribution in [0.3, 0.4) is 0 Å². The van der Waals surface area contributed by atoms with E-state index in [9.17, 15) is 14.4 Å². The molecule has 1 amide bonds. The third-order valence-corrected chi connectivity index (χ3v) is 2.88. The highest BCUT2D eigenvalue weighted by atomic mass is 16.6. The number of carbonyl (C=O) groups excluding carboxylic acids is 3. The molecule has 0 saturated carbocycles. The molecule has 0 aliphatic rings. The van der Waals surface area contributed by atoms with Gasteiger partial charge in [0.1, 0.15) is 0 Å².